The monoisotopic (exact) mass is 515 g/mol. The lowest BCUT2D eigenvalue weighted by molar-refractivity contribution is -0.134. The lowest BCUT2D eigenvalue weighted by Gasteiger charge is -2.34. The average Bonchev–Trinajstić information content (AvgIpc) is 3.34. The largest absolute Gasteiger partial charge is 0.392 e. The van der Waals surface area contributed by atoms with Crippen LogP contribution in [0.25, 0.3) is 22.2 Å². The number of aryl methyl sites for hydroxylation is 1. The number of nitrogens with zero attached hydrogens (tertiary/aromatic N) is 3. The van der Waals surface area contributed by atoms with E-state index >= 15 is 0 Å². The van der Waals surface area contributed by atoms with Gasteiger partial charge in [0.2, 0.25) is 5.91 Å². The zero-order chi connectivity index (χ0) is 26.5. The SMILES string of the molecule is CCC1CCC(c2nc3ccc(-c4ccc(CO)cc4)cc3n2CCC(=O)N(CC)C2CCCCC2)CC1. The van der Waals surface area contributed by atoms with Crippen LogP contribution in [0.1, 0.15) is 102 Å². The predicted molar refractivity (Wildman–Crippen MR) is 155 cm³/mol. The molecule has 0 aliphatic heterocycles. The molecule has 2 aromatic carbocycles. The number of hydrogen-bond acceptors (Lipinski definition) is 3. The molecule has 5 rings (SSSR count). The van der Waals surface area contributed by atoms with Crippen molar-refractivity contribution in [3.63, 3.8) is 0 Å². The van der Waals surface area contributed by atoms with Gasteiger partial charge in [-0.25, -0.2) is 4.98 Å². The molecule has 5 nitrogen and oxygen atoms in total. The lowest BCUT2D eigenvalue weighted by Crippen LogP contribution is -2.41. The zero-order valence-electron chi connectivity index (χ0n) is 23.4. The maximum Gasteiger partial charge on any atom is 0.224 e. The minimum Gasteiger partial charge on any atom is -0.392 e. The number of carbonyl (C=O) groups excluding carboxylic acids is 1. The number of imidazole rings is 1. The van der Waals surface area contributed by atoms with Gasteiger partial charge in [-0.3, -0.25) is 4.79 Å². The third-order valence-corrected chi connectivity index (χ3v) is 9.26. The molecule has 0 unspecified atom stereocenters. The third kappa shape index (κ3) is 5.83. The summed E-state index contributed by atoms with van der Waals surface area (Å²) in [5, 5.41) is 9.44. The molecule has 1 aromatic heterocycles. The summed E-state index contributed by atoms with van der Waals surface area (Å²) in [7, 11) is 0. The van der Waals surface area contributed by atoms with Gasteiger partial charge in [-0.05, 0) is 80.2 Å². The quantitative estimate of drug-likeness (QED) is 0.322. The fourth-order valence-electron chi connectivity index (χ4n) is 6.88. The number of hydrogen-bond donors (Lipinski definition) is 1. The second-order valence-electron chi connectivity index (χ2n) is 11.5. The zero-order valence-corrected chi connectivity index (χ0v) is 23.4. The Kier molecular flexibility index (Phi) is 8.83. The standard InChI is InChI=1S/C33H45N3O2/c1-3-24-10-16-27(17-11-24)33-34-30-19-18-28(26-14-12-25(23-37)13-15-26)22-31(30)36(33)21-20-32(38)35(4-2)29-8-6-5-7-9-29/h12-15,18-19,22,24,27,29,37H,3-11,16-17,20-21,23H2,1-2H3. The van der Waals surface area contributed by atoms with Crippen LogP contribution in [0, 0.1) is 5.92 Å². The molecule has 2 fully saturated rings. The maximum atomic E-state index is 13.5. The van der Waals surface area contributed by atoms with Crippen molar-refractivity contribution in [1.29, 1.82) is 0 Å². The second-order valence-corrected chi connectivity index (χ2v) is 11.5. The highest BCUT2D eigenvalue weighted by molar-refractivity contribution is 5.83. The summed E-state index contributed by atoms with van der Waals surface area (Å²) in [6, 6.07) is 15.1. The van der Waals surface area contributed by atoms with Crippen molar-refractivity contribution in [3.8, 4) is 11.1 Å². The molecule has 0 bridgehead atoms. The van der Waals surface area contributed by atoms with Crippen molar-refractivity contribution in [2.75, 3.05) is 6.54 Å². The summed E-state index contributed by atoms with van der Waals surface area (Å²) < 4.78 is 2.38. The van der Waals surface area contributed by atoms with Crippen LogP contribution in [0.15, 0.2) is 42.5 Å². The number of carbonyl (C=O) groups is 1. The number of rotatable bonds is 9. The molecule has 0 radical (unpaired) electrons. The van der Waals surface area contributed by atoms with Crippen LogP contribution in [0.5, 0.6) is 0 Å². The molecule has 1 N–H and O–H groups in total. The van der Waals surface area contributed by atoms with Gasteiger partial charge in [0.15, 0.2) is 0 Å². The van der Waals surface area contributed by atoms with Crippen LogP contribution in [-0.4, -0.2) is 38.1 Å². The second kappa shape index (κ2) is 12.5. The highest BCUT2D eigenvalue weighted by Crippen LogP contribution is 2.38. The number of amides is 1. The van der Waals surface area contributed by atoms with E-state index in [0.717, 1.165) is 53.0 Å². The van der Waals surface area contributed by atoms with Crippen molar-refractivity contribution >= 4 is 16.9 Å². The van der Waals surface area contributed by atoms with Crippen molar-refractivity contribution in [3.05, 3.63) is 53.9 Å². The Morgan fingerprint density at radius 3 is 2.32 bits per heavy atom. The molecular weight excluding hydrogens is 470 g/mol. The number of aliphatic hydroxyl groups is 1. The van der Waals surface area contributed by atoms with Gasteiger partial charge < -0.3 is 14.6 Å². The van der Waals surface area contributed by atoms with Crippen molar-refractivity contribution in [2.45, 2.75) is 110 Å². The van der Waals surface area contributed by atoms with Gasteiger partial charge in [0, 0.05) is 31.5 Å². The molecular formula is C33H45N3O2. The number of aliphatic hydroxyl groups excluding tert-OH is 1. The molecule has 2 saturated carbocycles. The highest BCUT2D eigenvalue weighted by atomic mass is 16.3. The molecule has 3 aromatic rings. The number of aromatic nitrogens is 2. The lowest BCUT2D eigenvalue weighted by atomic mass is 9.80. The topological polar surface area (TPSA) is 58.4 Å². The first-order chi connectivity index (χ1) is 18.6. The van der Waals surface area contributed by atoms with Crippen molar-refractivity contribution in [1.82, 2.24) is 14.5 Å². The Balaban J connectivity index is 1.44. The molecule has 5 heteroatoms. The van der Waals surface area contributed by atoms with Gasteiger partial charge in [0.25, 0.3) is 0 Å². The smallest absolute Gasteiger partial charge is 0.224 e. The summed E-state index contributed by atoms with van der Waals surface area (Å²) in [5.41, 5.74) is 5.36. The molecule has 0 atom stereocenters. The highest BCUT2D eigenvalue weighted by Gasteiger charge is 2.28. The average molecular weight is 516 g/mol. The van der Waals surface area contributed by atoms with Crippen LogP contribution in [0.4, 0.5) is 0 Å². The Morgan fingerprint density at radius 2 is 1.66 bits per heavy atom. The molecule has 2 aliphatic rings. The fourth-order valence-corrected chi connectivity index (χ4v) is 6.88. The van der Waals surface area contributed by atoms with Crippen LogP contribution in [0.3, 0.4) is 0 Å². The van der Waals surface area contributed by atoms with E-state index in [1.807, 2.05) is 12.1 Å². The first-order valence-electron chi connectivity index (χ1n) is 15.1. The minimum atomic E-state index is 0.0549. The Hall–Kier alpha value is -2.66. The van der Waals surface area contributed by atoms with Crippen LogP contribution < -0.4 is 0 Å². The molecule has 1 amide bonds. The first-order valence-corrected chi connectivity index (χ1v) is 15.1. The molecule has 2 aliphatic carbocycles. The van der Waals surface area contributed by atoms with Gasteiger partial charge in [-0.2, -0.15) is 0 Å². The van der Waals surface area contributed by atoms with Gasteiger partial charge in [0.1, 0.15) is 5.82 Å². The van der Waals surface area contributed by atoms with E-state index in [1.165, 1.54) is 57.2 Å². The van der Waals surface area contributed by atoms with Gasteiger partial charge >= 0.3 is 0 Å². The maximum absolute atomic E-state index is 13.5. The van der Waals surface area contributed by atoms with E-state index in [1.54, 1.807) is 0 Å². The van der Waals surface area contributed by atoms with Crippen LogP contribution >= 0.6 is 0 Å². The Bertz CT molecular complexity index is 1200. The van der Waals surface area contributed by atoms with E-state index in [4.69, 9.17) is 4.98 Å². The fraction of sp³-hybridized carbons (Fsp3) is 0.576. The Labute approximate surface area is 228 Å². The Morgan fingerprint density at radius 1 is 0.947 bits per heavy atom. The summed E-state index contributed by atoms with van der Waals surface area (Å²) in [4.78, 5) is 20.8. The van der Waals surface area contributed by atoms with E-state index in [-0.39, 0.29) is 12.5 Å². The number of fused-ring (bicyclic) bond motifs is 1. The summed E-state index contributed by atoms with van der Waals surface area (Å²) in [6.45, 7) is 5.99. The van der Waals surface area contributed by atoms with E-state index in [0.29, 0.717) is 24.9 Å². The van der Waals surface area contributed by atoms with Crippen molar-refractivity contribution in [2.24, 2.45) is 5.92 Å². The summed E-state index contributed by atoms with van der Waals surface area (Å²) in [6.07, 6.45) is 12.8. The minimum absolute atomic E-state index is 0.0549. The predicted octanol–water partition coefficient (Wildman–Crippen LogP) is 7.45. The van der Waals surface area contributed by atoms with Crippen LogP contribution in [-0.2, 0) is 17.9 Å². The number of benzene rings is 2. The third-order valence-electron chi connectivity index (χ3n) is 9.26. The van der Waals surface area contributed by atoms with Gasteiger partial charge in [-0.15, -0.1) is 0 Å². The van der Waals surface area contributed by atoms with Crippen molar-refractivity contribution < 1.29 is 9.90 Å². The van der Waals surface area contributed by atoms with Gasteiger partial charge in [0.05, 0.1) is 17.6 Å². The normalized spacial score (nSPS) is 20.6. The van der Waals surface area contributed by atoms with E-state index < -0.39 is 0 Å². The molecule has 1 heterocycles. The molecule has 0 spiro atoms. The summed E-state index contributed by atoms with van der Waals surface area (Å²) in [5.74, 6) is 2.77. The molecule has 38 heavy (non-hydrogen) atoms. The molecule has 0 saturated heterocycles. The first kappa shape index (κ1) is 26.9. The summed E-state index contributed by atoms with van der Waals surface area (Å²) >= 11 is 0. The van der Waals surface area contributed by atoms with Gasteiger partial charge in [-0.1, -0.05) is 62.9 Å². The van der Waals surface area contributed by atoms with E-state index in [9.17, 15) is 9.90 Å². The van der Waals surface area contributed by atoms with Crippen LogP contribution in [0.2, 0.25) is 0 Å². The molecule has 204 valence electrons. The van der Waals surface area contributed by atoms with E-state index in [2.05, 4.69) is 53.6 Å².